The van der Waals surface area contributed by atoms with Gasteiger partial charge in [0.15, 0.2) is 0 Å². The van der Waals surface area contributed by atoms with Crippen molar-refractivity contribution < 1.29 is 14.7 Å². The van der Waals surface area contributed by atoms with E-state index in [1.165, 1.54) is 11.1 Å². The van der Waals surface area contributed by atoms with Crippen molar-refractivity contribution in [2.75, 3.05) is 25.0 Å². The zero-order valence-corrected chi connectivity index (χ0v) is 16.1. The highest BCUT2D eigenvalue weighted by atomic mass is 16.3. The number of aromatic nitrogens is 1. The molecule has 29 heavy (non-hydrogen) atoms. The lowest BCUT2D eigenvalue weighted by atomic mass is 10.00. The van der Waals surface area contributed by atoms with Gasteiger partial charge in [-0.3, -0.25) is 19.5 Å². The second-order valence-electron chi connectivity index (χ2n) is 8.21. The molecule has 3 atom stereocenters. The quantitative estimate of drug-likeness (QED) is 0.713. The van der Waals surface area contributed by atoms with Crippen LogP contribution < -0.4 is 10.6 Å². The molecule has 2 amide bonds. The van der Waals surface area contributed by atoms with Gasteiger partial charge in [-0.05, 0) is 30.0 Å². The second kappa shape index (κ2) is 7.24. The fourth-order valence-corrected chi connectivity index (χ4v) is 4.39. The maximum atomic E-state index is 12.5. The minimum absolute atomic E-state index is 0.0142. The molecule has 3 N–H and O–H groups in total. The molecule has 3 heterocycles. The number of carbonyl (C=O) groups excluding carboxylic acids is 2. The van der Waals surface area contributed by atoms with Crippen LogP contribution in [0.15, 0.2) is 36.5 Å². The first-order chi connectivity index (χ1) is 14.1. The summed E-state index contributed by atoms with van der Waals surface area (Å²) in [5.41, 5.74) is 4.57. The summed E-state index contributed by atoms with van der Waals surface area (Å²) in [6.45, 7) is 2.40. The second-order valence-corrected chi connectivity index (χ2v) is 8.21. The van der Waals surface area contributed by atoms with E-state index in [0.717, 1.165) is 31.6 Å². The number of carbonyl (C=O) groups is 2. The maximum Gasteiger partial charge on any atom is 0.253 e. The van der Waals surface area contributed by atoms with Crippen LogP contribution in [0.4, 0.5) is 5.69 Å². The monoisotopic (exact) mass is 392 g/mol. The van der Waals surface area contributed by atoms with Gasteiger partial charge in [-0.25, -0.2) is 0 Å². The van der Waals surface area contributed by atoms with Crippen molar-refractivity contribution in [3.63, 3.8) is 0 Å². The van der Waals surface area contributed by atoms with E-state index in [1.807, 2.05) is 6.07 Å². The number of nitrogens with zero attached hydrogens (tertiary/aromatic N) is 2. The summed E-state index contributed by atoms with van der Waals surface area (Å²) in [5, 5.41) is 16.0. The van der Waals surface area contributed by atoms with Gasteiger partial charge in [-0.2, -0.15) is 0 Å². The molecule has 1 saturated carbocycles. The van der Waals surface area contributed by atoms with Crippen molar-refractivity contribution in [3.8, 4) is 0 Å². The number of hydrogen-bond acceptors (Lipinski definition) is 5. The SMILES string of the molecule is O=C(NCC(O)CN1CCc2ccccc2C1)c1cnc2c(c1)NC(=O)C1CC21. The number of β-amino-alcohol motifs (C(OH)–C–C–N with tert-alkyl or cyclic N) is 1. The molecule has 0 bridgehead atoms. The minimum atomic E-state index is -0.651. The smallest absolute Gasteiger partial charge is 0.253 e. The lowest BCUT2D eigenvalue weighted by Crippen LogP contribution is -2.42. The van der Waals surface area contributed by atoms with Gasteiger partial charge < -0.3 is 15.7 Å². The Morgan fingerprint density at radius 2 is 2.14 bits per heavy atom. The largest absolute Gasteiger partial charge is 0.390 e. The Kier molecular flexibility index (Phi) is 4.56. The maximum absolute atomic E-state index is 12.5. The van der Waals surface area contributed by atoms with E-state index in [2.05, 4.69) is 38.7 Å². The first kappa shape index (κ1) is 18.3. The molecule has 5 rings (SSSR count). The molecule has 150 valence electrons. The Bertz CT molecular complexity index is 976. The predicted molar refractivity (Wildman–Crippen MR) is 107 cm³/mol. The van der Waals surface area contributed by atoms with Crippen molar-refractivity contribution in [3.05, 3.63) is 58.9 Å². The zero-order valence-electron chi connectivity index (χ0n) is 16.1. The van der Waals surface area contributed by atoms with Crippen LogP contribution in [0.2, 0.25) is 0 Å². The third kappa shape index (κ3) is 3.63. The standard InChI is InChI=1S/C22H24N4O3/c27-16(12-26-6-5-13-3-1-2-4-14(13)11-26)10-24-21(28)15-7-19-20(23-9-15)17-8-18(17)22(29)25-19/h1-4,7,9,16-18,27H,5-6,8,10-12H2,(H,24,28)(H,25,29). The van der Waals surface area contributed by atoms with Gasteiger partial charge >= 0.3 is 0 Å². The Labute approximate surface area is 169 Å². The fraction of sp³-hybridized carbons (Fsp3) is 0.409. The van der Waals surface area contributed by atoms with E-state index >= 15 is 0 Å². The summed E-state index contributed by atoms with van der Waals surface area (Å²) in [5.74, 6) is -0.0326. The first-order valence-electron chi connectivity index (χ1n) is 10.1. The molecule has 0 spiro atoms. The molecule has 2 aromatic rings. The number of rotatable bonds is 5. The van der Waals surface area contributed by atoms with Crippen LogP contribution in [0.25, 0.3) is 0 Å². The number of hydrogen-bond donors (Lipinski definition) is 3. The van der Waals surface area contributed by atoms with Crippen molar-refractivity contribution >= 4 is 17.5 Å². The van der Waals surface area contributed by atoms with Crippen LogP contribution in [0.3, 0.4) is 0 Å². The fourth-order valence-electron chi connectivity index (χ4n) is 4.39. The number of amides is 2. The lowest BCUT2D eigenvalue weighted by molar-refractivity contribution is -0.117. The van der Waals surface area contributed by atoms with Gasteiger partial charge in [0.25, 0.3) is 5.91 Å². The number of fused-ring (bicyclic) bond motifs is 4. The van der Waals surface area contributed by atoms with Crippen LogP contribution in [-0.2, 0) is 17.8 Å². The van der Waals surface area contributed by atoms with Crippen molar-refractivity contribution in [1.29, 1.82) is 0 Å². The van der Waals surface area contributed by atoms with E-state index in [0.29, 0.717) is 17.8 Å². The van der Waals surface area contributed by atoms with Gasteiger partial charge in [-0.15, -0.1) is 0 Å². The van der Waals surface area contributed by atoms with Crippen LogP contribution in [-0.4, -0.2) is 52.5 Å². The Morgan fingerprint density at radius 1 is 1.31 bits per heavy atom. The topological polar surface area (TPSA) is 94.6 Å². The van der Waals surface area contributed by atoms with Gasteiger partial charge in [0, 0.05) is 44.2 Å². The summed E-state index contributed by atoms with van der Waals surface area (Å²) in [6, 6.07) is 10.1. The Balaban J connectivity index is 1.15. The van der Waals surface area contributed by atoms with Crippen LogP contribution in [0.1, 0.15) is 39.5 Å². The molecule has 3 aliphatic rings. The molecule has 7 heteroatoms. The molecular weight excluding hydrogens is 368 g/mol. The third-order valence-electron chi connectivity index (χ3n) is 6.09. The van der Waals surface area contributed by atoms with E-state index < -0.39 is 6.10 Å². The molecule has 1 aromatic heterocycles. The number of pyridine rings is 1. The summed E-state index contributed by atoms with van der Waals surface area (Å²) in [4.78, 5) is 31.0. The van der Waals surface area contributed by atoms with Gasteiger partial charge in [0.2, 0.25) is 5.91 Å². The average Bonchev–Trinajstić information content (AvgIpc) is 3.53. The van der Waals surface area contributed by atoms with E-state index in [9.17, 15) is 14.7 Å². The number of aliphatic hydroxyl groups is 1. The van der Waals surface area contributed by atoms with Crippen LogP contribution in [0.5, 0.6) is 0 Å². The summed E-state index contributed by atoms with van der Waals surface area (Å²) < 4.78 is 0. The minimum Gasteiger partial charge on any atom is -0.390 e. The Morgan fingerprint density at radius 3 is 3.00 bits per heavy atom. The summed E-state index contributed by atoms with van der Waals surface area (Å²) in [6.07, 6.45) is 2.71. The van der Waals surface area contributed by atoms with Gasteiger partial charge in [-0.1, -0.05) is 24.3 Å². The van der Waals surface area contributed by atoms with E-state index in [4.69, 9.17) is 0 Å². The van der Waals surface area contributed by atoms with E-state index in [-0.39, 0.29) is 30.2 Å². The molecule has 0 radical (unpaired) electrons. The normalized spacial score (nSPS) is 23.3. The number of nitrogens with one attached hydrogen (secondary N) is 2. The van der Waals surface area contributed by atoms with Crippen molar-refractivity contribution in [1.82, 2.24) is 15.2 Å². The van der Waals surface area contributed by atoms with Crippen LogP contribution >= 0.6 is 0 Å². The molecule has 1 aromatic carbocycles. The number of aliphatic hydroxyl groups excluding tert-OH is 1. The van der Waals surface area contributed by atoms with Gasteiger partial charge in [0.05, 0.1) is 23.0 Å². The van der Waals surface area contributed by atoms with Crippen molar-refractivity contribution in [2.24, 2.45) is 5.92 Å². The van der Waals surface area contributed by atoms with Crippen molar-refractivity contribution in [2.45, 2.75) is 31.4 Å². The summed E-state index contributed by atoms with van der Waals surface area (Å²) in [7, 11) is 0. The highest BCUT2D eigenvalue weighted by Crippen LogP contribution is 2.52. The summed E-state index contributed by atoms with van der Waals surface area (Å²) >= 11 is 0. The Hall–Kier alpha value is -2.77. The molecule has 0 saturated heterocycles. The average molecular weight is 392 g/mol. The molecule has 1 fully saturated rings. The van der Waals surface area contributed by atoms with Gasteiger partial charge in [0.1, 0.15) is 0 Å². The highest BCUT2D eigenvalue weighted by molar-refractivity contribution is 6.01. The van der Waals surface area contributed by atoms with Crippen LogP contribution in [0, 0.1) is 5.92 Å². The lowest BCUT2D eigenvalue weighted by Gasteiger charge is -2.30. The third-order valence-corrected chi connectivity index (χ3v) is 6.09. The predicted octanol–water partition coefficient (Wildman–Crippen LogP) is 1.29. The number of benzene rings is 1. The van der Waals surface area contributed by atoms with E-state index in [1.54, 1.807) is 12.3 Å². The molecule has 2 aliphatic heterocycles. The number of anilines is 1. The molecule has 1 aliphatic carbocycles. The first-order valence-corrected chi connectivity index (χ1v) is 10.1. The highest BCUT2D eigenvalue weighted by Gasteiger charge is 2.49. The molecule has 7 nitrogen and oxygen atoms in total. The molecule has 3 unspecified atom stereocenters. The zero-order chi connectivity index (χ0) is 20.0. The molecular formula is C22H24N4O3.